The Balaban J connectivity index is 1.78. The molecule has 1 unspecified atom stereocenters. The first-order valence-corrected chi connectivity index (χ1v) is 6.79. The minimum absolute atomic E-state index is 0.150. The number of hydrogen-bond acceptors (Lipinski definition) is 3. The zero-order valence-corrected chi connectivity index (χ0v) is 11.3. The number of rotatable bonds is 2. The standard InChI is InChI=1S/C14H15F3N4/c15-14(16,17)10-6-4-9(5-7-10)8-12-19-13-3-1-2-11(18)21(13)20-12/h4-7,11H,1-3,8,18H2. The molecule has 1 aliphatic heterocycles. The number of alkyl halides is 3. The van der Waals surface area contributed by atoms with Crippen molar-refractivity contribution in [2.24, 2.45) is 5.73 Å². The van der Waals surface area contributed by atoms with E-state index in [2.05, 4.69) is 10.1 Å². The lowest BCUT2D eigenvalue weighted by Crippen LogP contribution is -2.25. The summed E-state index contributed by atoms with van der Waals surface area (Å²) in [5.41, 5.74) is 6.06. The molecular formula is C14H15F3N4. The Morgan fingerprint density at radius 2 is 1.95 bits per heavy atom. The fourth-order valence-electron chi connectivity index (χ4n) is 2.50. The second-order valence-corrected chi connectivity index (χ2v) is 5.22. The minimum Gasteiger partial charge on any atom is -0.310 e. The summed E-state index contributed by atoms with van der Waals surface area (Å²) in [6.45, 7) is 0. The Morgan fingerprint density at radius 1 is 1.24 bits per heavy atom. The molecule has 0 saturated heterocycles. The monoisotopic (exact) mass is 296 g/mol. The van der Waals surface area contributed by atoms with Crippen LogP contribution in [0.4, 0.5) is 13.2 Å². The lowest BCUT2D eigenvalue weighted by Gasteiger charge is -2.18. The average Bonchev–Trinajstić information content (AvgIpc) is 2.82. The quantitative estimate of drug-likeness (QED) is 0.927. The van der Waals surface area contributed by atoms with Crippen molar-refractivity contribution in [1.29, 1.82) is 0 Å². The third-order valence-corrected chi connectivity index (χ3v) is 3.60. The Kier molecular flexibility index (Phi) is 3.44. The molecule has 2 heterocycles. The number of halogens is 3. The van der Waals surface area contributed by atoms with E-state index in [1.54, 1.807) is 4.68 Å². The lowest BCUT2D eigenvalue weighted by molar-refractivity contribution is -0.137. The van der Waals surface area contributed by atoms with Gasteiger partial charge in [0.1, 0.15) is 12.0 Å². The van der Waals surface area contributed by atoms with Crippen LogP contribution in [0.1, 0.15) is 41.8 Å². The van der Waals surface area contributed by atoms with Crippen LogP contribution in [0.5, 0.6) is 0 Å². The highest BCUT2D eigenvalue weighted by Gasteiger charge is 2.30. The number of hydrogen-bond donors (Lipinski definition) is 1. The molecule has 7 heteroatoms. The van der Waals surface area contributed by atoms with Gasteiger partial charge in [-0.2, -0.15) is 18.3 Å². The van der Waals surface area contributed by atoms with E-state index in [4.69, 9.17) is 5.73 Å². The SMILES string of the molecule is NC1CCCc2nc(Cc3ccc(C(F)(F)F)cc3)nn21. The summed E-state index contributed by atoms with van der Waals surface area (Å²) in [6, 6.07) is 5.08. The molecule has 0 aliphatic carbocycles. The van der Waals surface area contributed by atoms with Gasteiger partial charge in [-0.05, 0) is 30.5 Å². The molecule has 4 nitrogen and oxygen atoms in total. The molecule has 3 rings (SSSR count). The highest BCUT2D eigenvalue weighted by Crippen LogP contribution is 2.29. The van der Waals surface area contributed by atoms with Gasteiger partial charge < -0.3 is 5.73 Å². The van der Waals surface area contributed by atoms with Gasteiger partial charge in [0.2, 0.25) is 0 Å². The van der Waals surface area contributed by atoms with Crippen molar-refractivity contribution in [3.05, 3.63) is 47.0 Å². The maximum atomic E-state index is 12.5. The van der Waals surface area contributed by atoms with Crippen molar-refractivity contribution in [1.82, 2.24) is 14.8 Å². The van der Waals surface area contributed by atoms with Crippen LogP contribution in [0.15, 0.2) is 24.3 Å². The molecule has 112 valence electrons. The molecule has 0 bridgehead atoms. The number of nitrogens with two attached hydrogens (primary N) is 1. The normalized spacial score (nSPS) is 18.6. The van der Waals surface area contributed by atoms with Crippen molar-refractivity contribution in [3.63, 3.8) is 0 Å². The zero-order valence-electron chi connectivity index (χ0n) is 11.3. The first kappa shape index (κ1) is 14.1. The molecule has 0 saturated carbocycles. The second-order valence-electron chi connectivity index (χ2n) is 5.22. The van der Waals surface area contributed by atoms with Gasteiger partial charge in [0.05, 0.1) is 5.56 Å². The molecule has 1 aromatic heterocycles. The topological polar surface area (TPSA) is 56.7 Å². The molecule has 1 aliphatic rings. The summed E-state index contributed by atoms with van der Waals surface area (Å²) in [4.78, 5) is 4.42. The van der Waals surface area contributed by atoms with Gasteiger partial charge in [0.25, 0.3) is 0 Å². The van der Waals surface area contributed by atoms with E-state index in [9.17, 15) is 13.2 Å². The summed E-state index contributed by atoms with van der Waals surface area (Å²) in [5, 5.41) is 4.36. The molecule has 21 heavy (non-hydrogen) atoms. The van der Waals surface area contributed by atoms with Gasteiger partial charge in [0.15, 0.2) is 5.82 Å². The molecule has 0 radical (unpaired) electrons. The molecule has 2 N–H and O–H groups in total. The fourth-order valence-corrected chi connectivity index (χ4v) is 2.50. The van der Waals surface area contributed by atoms with Crippen LogP contribution in [-0.4, -0.2) is 14.8 Å². The van der Waals surface area contributed by atoms with Crippen LogP contribution in [0.2, 0.25) is 0 Å². The number of benzene rings is 1. The Bertz CT molecular complexity index is 631. The molecule has 0 spiro atoms. The van der Waals surface area contributed by atoms with Crippen molar-refractivity contribution in [3.8, 4) is 0 Å². The lowest BCUT2D eigenvalue weighted by atomic mass is 10.1. The van der Waals surface area contributed by atoms with Crippen molar-refractivity contribution in [2.45, 2.75) is 38.0 Å². The maximum Gasteiger partial charge on any atom is 0.416 e. The van der Waals surface area contributed by atoms with Gasteiger partial charge >= 0.3 is 6.18 Å². The number of aryl methyl sites for hydroxylation is 1. The summed E-state index contributed by atoms with van der Waals surface area (Å²) in [7, 11) is 0. The zero-order chi connectivity index (χ0) is 15.0. The van der Waals surface area contributed by atoms with E-state index >= 15 is 0 Å². The van der Waals surface area contributed by atoms with Crippen molar-refractivity contribution < 1.29 is 13.2 Å². The third-order valence-electron chi connectivity index (χ3n) is 3.60. The number of fused-ring (bicyclic) bond motifs is 1. The van der Waals surface area contributed by atoms with E-state index < -0.39 is 11.7 Å². The number of nitrogens with zero attached hydrogens (tertiary/aromatic N) is 3. The molecule has 1 aromatic carbocycles. The summed E-state index contributed by atoms with van der Waals surface area (Å²) in [6.07, 6.45) is -1.35. The van der Waals surface area contributed by atoms with E-state index in [0.29, 0.717) is 12.2 Å². The second kappa shape index (κ2) is 5.14. The highest BCUT2D eigenvalue weighted by molar-refractivity contribution is 5.26. The van der Waals surface area contributed by atoms with E-state index in [0.717, 1.165) is 42.8 Å². The molecule has 1 atom stereocenters. The van der Waals surface area contributed by atoms with Crippen LogP contribution < -0.4 is 5.73 Å². The van der Waals surface area contributed by atoms with Crippen LogP contribution in [0, 0.1) is 0 Å². The maximum absolute atomic E-state index is 12.5. The average molecular weight is 296 g/mol. The van der Waals surface area contributed by atoms with Crippen LogP contribution in [0.3, 0.4) is 0 Å². The van der Waals surface area contributed by atoms with Gasteiger partial charge in [-0.15, -0.1) is 0 Å². The molecule has 2 aromatic rings. The van der Waals surface area contributed by atoms with Gasteiger partial charge in [-0.25, -0.2) is 9.67 Å². The highest BCUT2D eigenvalue weighted by atomic mass is 19.4. The third kappa shape index (κ3) is 2.92. The minimum atomic E-state index is -4.31. The van der Waals surface area contributed by atoms with E-state index in [1.165, 1.54) is 12.1 Å². The van der Waals surface area contributed by atoms with Crippen molar-refractivity contribution in [2.75, 3.05) is 0 Å². The largest absolute Gasteiger partial charge is 0.416 e. The van der Waals surface area contributed by atoms with Gasteiger partial charge in [-0.3, -0.25) is 0 Å². The number of aromatic nitrogens is 3. The van der Waals surface area contributed by atoms with Gasteiger partial charge in [0, 0.05) is 12.8 Å². The summed E-state index contributed by atoms with van der Waals surface area (Å²) >= 11 is 0. The summed E-state index contributed by atoms with van der Waals surface area (Å²) in [5.74, 6) is 1.46. The predicted octanol–water partition coefficient (Wildman–Crippen LogP) is 2.68. The fraction of sp³-hybridized carbons (Fsp3) is 0.429. The molecule has 0 fully saturated rings. The first-order chi connectivity index (χ1) is 9.93. The van der Waals surface area contributed by atoms with Crippen LogP contribution in [-0.2, 0) is 19.0 Å². The van der Waals surface area contributed by atoms with Crippen LogP contribution >= 0.6 is 0 Å². The Labute approximate surface area is 119 Å². The molecule has 0 amide bonds. The van der Waals surface area contributed by atoms with E-state index in [-0.39, 0.29) is 6.17 Å². The van der Waals surface area contributed by atoms with E-state index in [1.807, 2.05) is 0 Å². The summed E-state index contributed by atoms with van der Waals surface area (Å²) < 4.78 is 39.2. The van der Waals surface area contributed by atoms with Crippen molar-refractivity contribution >= 4 is 0 Å². The Hall–Kier alpha value is -1.89. The smallest absolute Gasteiger partial charge is 0.310 e. The van der Waals surface area contributed by atoms with Crippen LogP contribution in [0.25, 0.3) is 0 Å². The first-order valence-electron chi connectivity index (χ1n) is 6.79. The predicted molar refractivity (Wildman–Crippen MR) is 70.4 cm³/mol. The van der Waals surface area contributed by atoms with Gasteiger partial charge in [-0.1, -0.05) is 12.1 Å². The molecular weight excluding hydrogens is 281 g/mol. The Morgan fingerprint density at radius 3 is 2.57 bits per heavy atom.